The van der Waals surface area contributed by atoms with Crippen molar-refractivity contribution in [3.63, 3.8) is 0 Å². The normalized spacial score (nSPS) is 16.8. The molecule has 22 heavy (non-hydrogen) atoms. The summed E-state index contributed by atoms with van der Waals surface area (Å²) in [6.07, 6.45) is 3.37. The van der Waals surface area contributed by atoms with Gasteiger partial charge >= 0.3 is 0 Å². The first-order valence-electron chi connectivity index (χ1n) is 7.68. The Labute approximate surface area is 132 Å². The van der Waals surface area contributed by atoms with E-state index >= 15 is 0 Å². The molecular weight excluding hydrogens is 278 g/mol. The fourth-order valence-corrected chi connectivity index (χ4v) is 2.38. The van der Waals surface area contributed by atoms with Gasteiger partial charge in [0.15, 0.2) is 0 Å². The van der Waals surface area contributed by atoms with Crippen molar-refractivity contribution in [2.75, 3.05) is 53.4 Å². The summed E-state index contributed by atoms with van der Waals surface area (Å²) >= 11 is 0. The molecule has 0 atom stereocenters. The third-order valence-corrected chi connectivity index (χ3v) is 3.84. The second kappa shape index (κ2) is 8.56. The van der Waals surface area contributed by atoms with Gasteiger partial charge in [0.05, 0.1) is 7.11 Å². The van der Waals surface area contributed by atoms with Crippen molar-refractivity contribution >= 4 is 12.0 Å². The van der Waals surface area contributed by atoms with Crippen LogP contribution in [0.5, 0.6) is 5.75 Å². The van der Waals surface area contributed by atoms with Gasteiger partial charge in [0, 0.05) is 45.3 Å². The highest BCUT2D eigenvalue weighted by molar-refractivity contribution is 5.91. The summed E-state index contributed by atoms with van der Waals surface area (Å²) in [4.78, 5) is 16.5. The third-order valence-electron chi connectivity index (χ3n) is 3.84. The molecule has 0 aliphatic carbocycles. The lowest BCUT2D eigenvalue weighted by Gasteiger charge is -2.32. The molecule has 1 aromatic carbocycles. The summed E-state index contributed by atoms with van der Waals surface area (Å²) in [6.45, 7) is 5.95. The minimum absolute atomic E-state index is 0.0584. The number of rotatable bonds is 6. The third kappa shape index (κ3) is 5.50. The first kappa shape index (κ1) is 16.5. The van der Waals surface area contributed by atoms with Gasteiger partial charge in [-0.2, -0.15) is 0 Å². The molecule has 120 valence electrons. The van der Waals surface area contributed by atoms with E-state index in [1.807, 2.05) is 24.3 Å². The molecule has 2 rings (SSSR count). The van der Waals surface area contributed by atoms with Crippen LogP contribution in [0, 0.1) is 0 Å². The number of nitrogens with zero attached hydrogens (tertiary/aromatic N) is 2. The van der Waals surface area contributed by atoms with E-state index in [0.717, 1.165) is 44.0 Å². The van der Waals surface area contributed by atoms with E-state index in [0.29, 0.717) is 6.54 Å². The summed E-state index contributed by atoms with van der Waals surface area (Å²) in [5.41, 5.74) is 0.952. The Balaban J connectivity index is 1.70. The molecule has 1 heterocycles. The highest BCUT2D eigenvalue weighted by Crippen LogP contribution is 2.13. The quantitative estimate of drug-likeness (QED) is 0.799. The van der Waals surface area contributed by atoms with Crippen molar-refractivity contribution < 1.29 is 9.53 Å². The summed E-state index contributed by atoms with van der Waals surface area (Å²) in [5, 5.41) is 2.93. The fraction of sp³-hybridized carbons (Fsp3) is 0.471. The van der Waals surface area contributed by atoms with Gasteiger partial charge in [-0.3, -0.25) is 9.69 Å². The van der Waals surface area contributed by atoms with E-state index < -0.39 is 0 Å². The Morgan fingerprint density at radius 1 is 1.32 bits per heavy atom. The smallest absolute Gasteiger partial charge is 0.244 e. The van der Waals surface area contributed by atoms with Gasteiger partial charge in [0.25, 0.3) is 0 Å². The number of ether oxygens (including phenoxy) is 1. The van der Waals surface area contributed by atoms with Gasteiger partial charge in [0.2, 0.25) is 5.91 Å². The number of amides is 1. The molecule has 1 aliphatic rings. The van der Waals surface area contributed by atoms with Gasteiger partial charge in [-0.05, 0) is 30.8 Å². The first-order valence-corrected chi connectivity index (χ1v) is 7.68. The van der Waals surface area contributed by atoms with Crippen molar-refractivity contribution in [3.05, 3.63) is 35.9 Å². The molecule has 0 bridgehead atoms. The number of carbonyl (C=O) groups is 1. The average Bonchev–Trinajstić information content (AvgIpc) is 2.55. The van der Waals surface area contributed by atoms with Crippen LogP contribution < -0.4 is 10.1 Å². The zero-order valence-corrected chi connectivity index (χ0v) is 13.4. The Morgan fingerprint density at radius 3 is 2.82 bits per heavy atom. The molecule has 5 heteroatoms. The lowest BCUT2D eigenvalue weighted by atomic mass is 10.2. The van der Waals surface area contributed by atoms with E-state index in [2.05, 4.69) is 22.2 Å². The highest BCUT2D eigenvalue weighted by Gasteiger charge is 2.12. The highest BCUT2D eigenvalue weighted by atomic mass is 16.5. The van der Waals surface area contributed by atoms with Gasteiger partial charge in [-0.15, -0.1) is 0 Å². The van der Waals surface area contributed by atoms with Crippen molar-refractivity contribution in [2.45, 2.75) is 0 Å². The van der Waals surface area contributed by atoms with Crippen LogP contribution in [0.2, 0.25) is 0 Å². The Morgan fingerprint density at radius 2 is 2.09 bits per heavy atom. The summed E-state index contributed by atoms with van der Waals surface area (Å²) < 4.78 is 5.16. The second-order valence-corrected chi connectivity index (χ2v) is 5.55. The molecule has 0 saturated carbocycles. The topological polar surface area (TPSA) is 44.8 Å². The molecule has 5 nitrogen and oxygen atoms in total. The zero-order chi connectivity index (χ0) is 15.8. The van der Waals surface area contributed by atoms with Crippen LogP contribution in [0.1, 0.15) is 5.56 Å². The summed E-state index contributed by atoms with van der Waals surface area (Å²) in [5.74, 6) is 0.731. The van der Waals surface area contributed by atoms with E-state index in [-0.39, 0.29) is 5.91 Å². The molecular formula is C17H25N3O2. The number of benzene rings is 1. The molecule has 0 unspecified atom stereocenters. The Bertz CT molecular complexity index is 508. The molecule has 1 N–H and O–H groups in total. The lowest BCUT2D eigenvalue weighted by molar-refractivity contribution is -0.116. The largest absolute Gasteiger partial charge is 0.497 e. The van der Waals surface area contributed by atoms with Gasteiger partial charge in [-0.1, -0.05) is 12.1 Å². The minimum Gasteiger partial charge on any atom is -0.497 e. The maximum atomic E-state index is 11.8. The summed E-state index contributed by atoms with van der Waals surface area (Å²) in [6, 6.07) is 7.63. The monoisotopic (exact) mass is 303 g/mol. The van der Waals surface area contributed by atoms with Gasteiger partial charge in [-0.25, -0.2) is 0 Å². The average molecular weight is 303 g/mol. The van der Waals surface area contributed by atoms with Crippen LogP contribution in [0.25, 0.3) is 6.08 Å². The number of hydrogen-bond acceptors (Lipinski definition) is 4. The van der Waals surface area contributed by atoms with E-state index in [9.17, 15) is 4.79 Å². The van der Waals surface area contributed by atoms with Crippen molar-refractivity contribution in [1.29, 1.82) is 0 Å². The van der Waals surface area contributed by atoms with Crippen LogP contribution in [-0.4, -0.2) is 69.1 Å². The fourth-order valence-electron chi connectivity index (χ4n) is 2.38. The van der Waals surface area contributed by atoms with Crippen molar-refractivity contribution in [2.24, 2.45) is 0 Å². The summed E-state index contributed by atoms with van der Waals surface area (Å²) in [7, 11) is 3.77. The zero-order valence-electron chi connectivity index (χ0n) is 13.4. The molecule has 0 spiro atoms. The standard InChI is InChI=1S/C17H25N3O2/c1-19-10-12-20(13-11-19)9-8-18-17(21)7-6-15-4-3-5-16(14-15)22-2/h3-7,14H,8-13H2,1-2H3,(H,18,21)/b7-6+. The number of likely N-dealkylation sites (N-methyl/N-ethyl adjacent to an activating group) is 1. The predicted octanol–water partition coefficient (Wildman–Crippen LogP) is 1.07. The molecule has 0 aromatic heterocycles. The van der Waals surface area contributed by atoms with Crippen LogP contribution in [0.3, 0.4) is 0 Å². The maximum absolute atomic E-state index is 11.8. The van der Waals surface area contributed by atoms with Crippen LogP contribution in [-0.2, 0) is 4.79 Å². The van der Waals surface area contributed by atoms with E-state index in [1.54, 1.807) is 19.3 Å². The second-order valence-electron chi connectivity index (χ2n) is 5.55. The minimum atomic E-state index is -0.0584. The number of carbonyl (C=O) groups excluding carboxylic acids is 1. The molecule has 1 aliphatic heterocycles. The maximum Gasteiger partial charge on any atom is 0.244 e. The molecule has 1 fully saturated rings. The Kier molecular flexibility index (Phi) is 6.43. The SMILES string of the molecule is COc1cccc(/C=C/C(=O)NCCN2CCN(C)CC2)c1. The Hall–Kier alpha value is -1.85. The number of hydrogen-bond donors (Lipinski definition) is 1. The number of piperazine rings is 1. The lowest BCUT2D eigenvalue weighted by Crippen LogP contribution is -2.46. The van der Waals surface area contributed by atoms with E-state index in [4.69, 9.17) is 4.74 Å². The number of nitrogens with one attached hydrogen (secondary N) is 1. The van der Waals surface area contributed by atoms with Crippen molar-refractivity contribution in [3.8, 4) is 5.75 Å². The predicted molar refractivity (Wildman–Crippen MR) is 89.0 cm³/mol. The molecule has 1 saturated heterocycles. The number of methoxy groups -OCH3 is 1. The van der Waals surface area contributed by atoms with Gasteiger partial charge in [0.1, 0.15) is 5.75 Å². The molecule has 1 amide bonds. The van der Waals surface area contributed by atoms with E-state index in [1.165, 1.54) is 0 Å². The first-order chi connectivity index (χ1) is 10.7. The van der Waals surface area contributed by atoms with Crippen molar-refractivity contribution in [1.82, 2.24) is 15.1 Å². The molecule has 1 aromatic rings. The van der Waals surface area contributed by atoms with Crippen LogP contribution in [0.15, 0.2) is 30.3 Å². The van der Waals surface area contributed by atoms with Crippen LogP contribution >= 0.6 is 0 Å². The molecule has 0 radical (unpaired) electrons. The van der Waals surface area contributed by atoms with Gasteiger partial charge < -0.3 is 15.0 Å². The van der Waals surface area contributed by atoms with Crippen LogP contribution in [0.4, 0.5) is 0 Å².